The van der Waals surface area contributed by atoms with E-state index in [2.05, 4.69) is 6.07 Å². The van der Waals surface area contributed by atoms with Crippen LogP contribution >= 0.6 is 0 Å². The number of aliphatic hydroxyl groups is 1. The van der Waals surface area contributed by atoms with Gasteiger partial charge < -0.3 is 9.84 Å². The first-order chi connectivity index (χ1) is 10.1. The van der Waals surface area contributed by atoms with E-state index in [0.717, 1.165) is 37.0 Å². The van der Waals surface area contributed by atoms with Crippen LogP contribution in [-0.4, -0.2) is 17.3 Å². The first kappa shape index (κ1) is 14.4. The molecule has 112 valence electrons. The molecular formula is C18H23NO2. The van der Waals surface area contributed by atoms with Crippen LogP contribution in [0.15, 0.2) is 24.3 Å². The zero-order valence-corrected chi connectivity index (χ0v) is 12.6. The second kappa shape index (κ2) is 5.35. The average Bonchev–Trinajstić information content (AvgIpc) is 2.55. The third-order valence-corrected chi connectivity index (χ3v) is 5.54. The molecule has 0 amide bonds. The van der Waals surface area contributed by atoms with Crippen LogP contribution in [-0.2, 0) is 5.41 Å². The molecule has 0 bridgehead atoms. The van der Waals surface area contributed by atoms with Crippen molar-refractivity contribution in [1.29, 1.82) is 5.26 Å². The van der Waals surface area contributed by atoms with Crippen molar-refractivity contribution in [3.63, 3.8) is 0 Å². The van der Waals surface area contributed by atoms with Crippen molar-refractivity contribution < 1.29 is 9.84 Å². The Bertz CT molecular complexity index is 555. The lowest BCUT2D eigenvalue weighted by Crippen LogP contribution is -2.56. The zero-order chi connectivity index (χ0) is 14.9. The number of nitriles is 1. The van der Waals surface area contributed by atoms with Crippen molar-refractivity contribution in [1.82, 2.24) is 0 Å². The summed E-state index contributed by atoms with van der Waals surface area (Å²) in [6.45, 7) is 2.36. The summed E-state index contributed by atoms with van der Waals surface area (Å²) in [5.74, 6) is 0.943. The average molecular weight is 285 g/mol. The number of para-hydroxylation sites is 1. The van der Waals surface area contributed by atoms with Crippen molar-refractivity contribution in [3.05, 3.63) is 29.8 Å². The van der Waals surface area contributed by atoms with E-state index < -0.39 is 11.0 Å². The van der Waals surface area contributed by atoms with Gasteiger partial charge in [-0.05, 0) is 31.7 Å². The zero-order valence-electron chi connectivity index (χ0n) is 12.6. The standard InChI is InChI=1S/C18H23NO2/c1-17(20,14-7-3-2-4-8-14)18(13-19)11-12-21-16-10-6-5-9-15(16)18/h5-6,9-10,14,20H,2-4,7-8,11-12H2,1H3. The summed E-state index contributed by atoms with van der Waals surface area (Å²) in [6, 6.07) is 10.2. The number of fused-ring (bicyclic) bond motifs is 1. The molecule has 2 unspecified atom stereocenters. The van der Waals surface area contributed by atoms with Crippen molar-refractivity contribution in [2.45, 2.75) is 56.5 Å². The Morgan fingerprint density at radius 2 is 2.00 bits per heavy atom. The first-order valence-corrected chi connectivity index (χ1v) is 7.98. The topological polar surface area (TPSA) is 53.2 Å². The van der Waals surface area contributed by atoms with Crippen molar-refractivity contribution in [2.24, 2.45) is 5.92 Å². The second-order valence-electron chi connectivity index (χ2n) is 6.59. The SMILES string of the molecule is CC(O)(C1CCCCC1)C1(C#N)CCOc2ccccc21. The Morgan fingerprint density at radius 1 is 1.29 bits per heavy atom. The van der Waals surface area contributed by atoms with Crippen LogP contribution in [0.2, 0.25) is 0 Å². The molecule has 0 spiro atoms. The normalized spacial score (nSPS) is 28.8. The van der Waals surface area contributed by atoms with Crippen LogP contribution in [0.4, 0.5) is 0 Å². The molecule has 3 rings (SSSR count). The molecule has 1 N–H and O–H groups in total. The highest BCUT2D eigenvalue weighted by atomic mass is 16.5. The fraction of sp³-hybridized carbons (Fsp3) is 0.611. The lowest BCUT2D eigenvalue weighted by atomic mass is 9.59. The number of hydrogen-bond acceptors (Lipinski definition) is 3. The van der Waals surface area contributed by atoms with Crippen molar-refractivity contribution in [2.75, 3.05) is 6.61 Å². The van der Waals surface area contributed by atoms with Crippen LogP contribution in [0.1, 0.15) is 51.0 Å². The Balaban J connectivity index is 2.07. The summed E-state index contributed by atoms with van der Waals surface area (Å²) in [5, 5.41) is 21.4. The Labute approximate surface area is 126 Å². The fourth-order valence-corrected chi connectivity index (χ4v) is 4.16. The highest BCUT2D eigenvalue weighted by Gasteiger charge is 2.55. The second-order valence-corrected chi connectivity index (χ2v) is 6.59. The smallest absolute Gasteiger partial charge is 0.124 e. The van der Waals surface area contributed by atoms with Gasteiger partial charge in [0.1, 0.15) is 11.2 Å². The van der Waals surface area contributed by atoms with E-state index in [-0.39, 0.29) is 5.92 Å². The van der Waals surface area contributed by atoms with E-state index in [1.807, 2.05) is 31.2 Å². The van der Waals surface area contributed by atoms with Crippen LogP contribution in [0, 0.1) is 17.2 Å². The lowest BCUT2D eigenvalue weighted by molar-refractivity contribution is -0.0751. The van der Waals surface area contributed by atoms with Gasteiger partial charge in [-0.15, -0.1) is 0 Å². The van der Waals surface area contributed by atoms with Crippen molar-refractivity contribution >= 4 is 0 Å². The lowest BCUT2D eigenvalue weighted by Gasteiger charge is -2.48. The molecule has 1 aliphatic carbocycles. The maximum absolute atomic E-state index is 11.4. The molecule has 0 saturated heterocycles. The number of ether oxygens (including phenoxy) is 1. The maximum atomic E-state index is 11.4. The summed E-state index contributed by atoms with van der Waals surface area (Å²) in [7, 11) is 0. The summed E-state index contributed by atoms with van der Waals surface area (Å²) in [4.78, 5) is 0. The minimum Gasteiger partial charge on any atom is -0.493 e. The predicted octanol–water partition coefficient (Wildman–Crippen LogP) is 3.56. The van der Waals surface area contributed by atoms with E-state index in [1.54, 1.807) is 0 Å². The predicted molar refractivity (Wildman–Crippen MR) is 81.0 cm³/mol. The molecule has 1 saturated carbocycles. The van der Waals surface area contributed by atoms with Crippen LogP contribution in [0.5, 0.6) is 5.75 Å². The minimum absolute atomic E-state index is 0.192. The molecule has 0 aromatic heterocycles. The fourth-order valence-electron chi connectivity index (χ4n) is 4.16. The van der Waals surface area contributed by atoms with Gasteiger partial charge in [-0.25, -0.2) is 0 Å². The summed E-state index contributed by atoms with van der Waals surface area (Å²) in [6.07, 6.45) is 6.13. The van der Waals surface area contributed by atoms with Crippen LogP contribution in [0.3, 0.4) is 0 Å². The molecule has 21 heavy (non-hydrogen) atoms. The van der Waals surface area contributed by atoms with E-state index >= 15 is 0 Å². The largest absolute Gasteiger partial charge is 0.493 e. The van der Waals surface area contributed by atoms with Crippen LogP contribution < -0.4 is 4.74 Å². The molecular weight excluding hydrogens is 262 g/mol. The van der Waals surface area contributed by atoms with Gasteiger partial charge in [-0.1, -0.05) is 37.5 Å². The summed E-state index contributed by atoms with van der Waals surface area (Å²) in [5.41, 5.74) is -1.01. The molecule has 1 fully saturated rings. The summed E-state index contributed by atoms with van der Waals surface area (Å²) >= 11 is 0. The number of benzene rings is 1. The summed E-state index contributed by atoms with van der Waals surface area (Å²) < 4.78 is 5.70. The molecule has 0 radical (unpaired) electrons. The monoisotopic (exact) mass is 285 g/mol. The van der Waals surface area contributed by atoms with E-state index in [9.17, 15) is 10.4 Å². The molecule has 3 nitrogen and oxygen atoms in total. The first-order valence-electron chi connectivity index (χ1n) is 7.98. The van der Waals surface area contributed by atoms with Gasteiger partial charge in [0.25, 0.3) is 0 Å². The molecule has 3 heteroatoms. The van der Waals surface area contributed by atoms with Gasteiger partial charge in [0, 0.05) is 12.0 Å². The highest BCUT2D eigenvalue weighted by molar-refractivity contribution is 5.48. The molecule has 1 aromatic carbocycles. The molecule has 1 aliphatic heterocycles. The highest BCUT2D eigenvalue weighted by Crippen LogP contribution is 2.50. The van der Waals surface area contributed by atoms with Gasteiger partial charge in [0.05, 0.1) is 18.3 Å². The number of nitrogens with zero attached hydrogens (tertiary/aromatic N) is 1. The Morgan fingerprint density at radius 3 is 2.71 bits per heavy atom. The molecule has 1 aromatic rings. The molecule has 2 atom stereocenters. The quantitative estimate of drug-likeness (QED) is 0.904. The van der Waals surface area contributed by atoms with Crippen molar-refractivity contribution in [3.8, 4) is 11.8 Å². The third kappa shape index (κ3) is 2.13. The van der Waals surface area contributed by atoms with Gasteiger partial charge >= 0.3 is 0 Å². The Hall–Kier alpha value is -1.53. The number of rotatable bonds is 2. The van der Waals surface area contributed by atoms with E-state index in [0.29, 0.717) is 13.0 Å². The van der Waals surface area contributed by atoms with Gasteiger partial charge in [-0.3, -0.25) is 0 Å². The third-order valence-electron chi connectivity index (χ3n) is 5.54. The van der Waals surface area contributed by atoms with Gasteiger partial charge in [0.15, 0.2) is 0 Å². The van der Waals surface area contributed by atoms with Crippen LogP contribution in [0.25, 0.3) is 0 Å². The molecule has 1 heterocycles. The van der Waals surface area contributed by atoms with Gasteiger partial charge in [-0.2, -0.15) is 5.26 Å². The number of hydrogen-bond donors (Lipinski definition) is 1. The van der Waals surface area contributed by atoms with Gasteiger partial charge in [0.2, 0.25) is 0 Å². The Kier molecular flexibility index (Phi) is 3.67. The maximum Gasteiger partial charge on any atom is 0.124 e. The van der Waals surface area contributed by atoms with E-state index in [4.69, 9.17) is 4.74 Å². The molecule has 2 aliphatic rings. The van der Waals surface area contributed by atoms with E-state index in [1.165, 1.54) is 6.42 Å². The minimum atomic E-state index is -1.01.